The molecule has 0 aliphatic carbocycles. The van der Waals surface area contributed by atoms with Gasteiger partial charge in [-0.1, -0.05) is 6.07 Å². The molecule has 0 aliphatic heterocycles. The standard InChI is InChI=1S/C13H14F2N2S/c1-8(5-10-3-2-4-18-10)17-13-11(14)6-9(16)7-12(13)15/h2-4,6-8,17H,5,16H2,1H3. The van der Waals surface area contributed by atoms with Crippen molar-refractivity contribution in [3.63, 3.8) is 0 Å². The summed E-state index contributed by atoms with van der Waals surface area (Å²) >= 11 is 1.63. The van der Waals surface area contributed by atoms with Gasteiger partial charge >= 0.3 is 0 Å². The van der Waals surface area contributed by atoms with Crippen molar-refractivity contribution in [1.29, 1.82) is 0 Å². The Bertz CT molecular complexity index is 503. The van der Waals surface area contributed by atoms with Crippen LogP contribution >= 0.6 is 11.3 Å². The van der Waals surface area contributed by atoms with Gasteiger partial charge < -0.3 is 11.1 Å². The van der Waals surface area contributed by atoms with Crippen LogP contribution in [0.25, 0.3) is 0 Å². The third-order valence-electron chi connectivity index (χ3n) is 2.54. The van der Waals surface area contributed by atoms with E-state index in [-0.39, 0.29) is 17.4 Å². The van der Waals surface area contributed by atoms with Crippen LogP contribution in [0.5, 0.6) is 0 Å². The second-order valence-corrected chi connectivity index (χ2v) is 5.22. The van der Waals surface area contributed by atoms with Gasteiger partial charge in [-0.2, -0.15) is 0 Å². The van der Waals surface area contributed by atoms with E-state index in [1.807, 2.05) is 24.4 Å². The minimum absolute atomic E-state index is 0.0590. The van der Waals surface area contributed by atoms with Gasteiger partial charge in [0.05, 0.1) is 0 Å². The Morgan fingerprint density at radius 1 is 1.33 bits per heavy atom. The molecule has 2 nitrogen and oxygen atoms in total. The Balaban J connectivity index is 2.09. The molecule has 96 valence electrons. The van der Waals surface area contributed by atoms with Crippen LogP contribution in [0.15, 0.2) is 29.6 Å². The average molecular weight is 268 g/mol. The van der Waals surface area contributed by atoms with Gasteiger partial charge in [0.15, 0.2) is 11.6 Å². The van der Waals surface area contributed by atoms with Gasteiger partial charge in [-0.15, -0.1) is 11.3 Å². The van der Waals surface area contributed by atoms with Crippen molar-refractivity contribution in [2.24, 2.45) is 0 Å². The van der Waals surface area contributed by atoms with Crippen LogP contribution in [-0.2, 0) is 6.42 Å². The van der Waals surface area contributed by atoms with E-state index < -0.39 is 11.6 Å². The van der Waals surface area contributed by atoms with Crippen LogP contribution < -0.4 is 11.1 Å². The summed E-state index contributed by atoms with van der Waals surface area (Å²) < 4.78 is 27.1. The largest absolute Gasteiger partial charge is 0.399 e. The summed E-state index contributed by atoms with van der Waals surface area (Å²) in [5.41, 5.74) is 5.33. The lowest BCUT2D eigenvalue weighted by molar-refractivity contribution is 0.584. The third kappa shape index (κ3) is 2.98. The number of nitrogens with one attached hydrogen (secondary N) is 1. The van der Waals surface area contributed by atoms with E-state index in [9.17, 15) is 8.78 Å². The molecule has 0 fully saturated rings. The average Bonchev–Trinajstić information content (AvgIpc) is 2.76. The van der Waals surface area contributed by atoms with Crippen LogP contribution in [0, 0.1) is 11.6 Å². The maximum atomic E-state index is 13.6. The third-order valence-corrected chi connectivity index (χ3v) is 3.44. The predicted molar refractivity (Wildman–Crippen MR) is 71.9 cm³/mol. The molecule has 0 amide bonds. The minimum atomic E-state index is -0.662. The molecule has 0 bridgehead atoms. The first kappa shape index (κ1) is 12.8. The van der Waals surface area contributed by atoms with Crippen LogP contribution in [0.3, 0.4) is 0 Å². The van der Waals surface area contributed by atoms with Gasteiger partial charge in [0.25, 0.3) is 0 Å². The van der Waals surface area contributed by atoms with Crippen molar-refractivity contribution in [2.45, 2.75) is 19.4 Å². The Hall–Kier alpha value is -1.62. The van der Waals surface area contributed by atoms with Gasteiger partial charge in [-0.3, -0.25) is 0 Å². The fraction of sp³-hybridized carbons (Fsp3) is 0.231. The number of benzene rings is 1. The molecule has 0 saturated carbocycles. The molecule has 2 aromatic rings. The highest BCUT2D eigenvalue weighted by Gasteiger charge is 2.13. The highest BCUT2D eigenvalue weighted by molar-refractivity contribution is 7.09. The Kier molecular flexibility index (Phi) is 3.81. The summed E-state index contributed by atoms with van der Waals surface area (Å²) in [6, 6.07) is 6.12. The fourth-order valence-corrected chi connectivity index (χ4v) is 2.59. The molecule has 1 aromatic carbocycles. The Morgan fingerprint density at radius 2 is 2.00 bits per heavy atom. The zero-order chi connectivity index (χ0) is 13.1. The first-order valence-corrected chi connectivity index (χ1v) is 6.47. The zero-order valence-electron chi connectivity index (χ0n) is 9.91. The summed E-state index contributed by atoms with van der Waals surface area (Å²) in [6.07, 6.45) is 0.723. The van der Waals surface area contributed by atoms with Crippen molar-refractivity contribution >= 4 is 22.7 Å². The second kappa shape index (κ2) is 5.35. The van der Waals surface area contributed by atoms with Gasteiger partial charge in [0.2, 0.25) is 0 Å². The van der Waals surface area contributed by atoms with Crippen molar-refractivity contribution in [3.05, 3.63) is 46.2 Å². The number of nitrogens with two attached hydrogens (primary N) is 1. The smallest absolute Gasteiger partial charge is 0.151 e. The molecular weight excluding hydrogens is 254 g/mol. The fourth-order valence-electron chi connectivity index (χ4n) is 1.76. The second-order valence-electron chi connectivity index (χ2n) is 4.19. The summed E-state index contributed by atoms with van der Waals surface area (Å²) in [5, 5.41) is 4.82. The van der Waals surface area contributed by atoms with E-state index in [0.29, 0.717) is 0 Å². The van der Waals surface area contributed by atoms with Crippen molar-refractivity contribution in [3.8, 4) is 0 Å². The van der Waals surface area contributed by atoms with Crippen LogP contribution in [0.1, 0.15) is 11.8 Å². The zero-order valence-corrected chi connectivity index (χ0v) is 10.7. The monoisotopic (exact) mass is 268 g/mol. The summed E-state index contributed by atoms with van der Waals surface area (Å²) in [4.78, 5) is 1.17. The maximum absolute atomic E-state index is 13.6. The molecule has 1 heterocycles. The molecule has 18 heavy (non-hydrogen) atoms. The predicted octanol–water partition coefficient (Wildman–Crippen LogP) is 3.65. The van der Waals surface area contributed by atoms with Crippen LogP contribution in [-0.4, -0.2) is 6.04 Å². The molecule has 1 unspecified atom stereocenters. The lowest BCUT2D eigenvalue weighted by atomic mass is 10.2. The molecule has 5 heteroatoms. The van der Waals surface area contributed by atoms with Gasteiger partial charge in [0, 0.05) is 23.0 Å². The number of rotatable bonds is 4. The van der Waals surface area contributed by atoms with Crippen LogP contribution in [0.2, 0.25) is 0 Å². The Morgan fingerprint density at radius 3 is 2.56 bits per heavy atom. The number of halogens is 2. The van der Waals surface area contributed by atoms with Crippen LogP contribution in [0.4, 0.5) is 20.2 Å². The molecule has 0 saturated heterocycles. The van der Waals surface area contributed by atoms with E-state index in [1.165, 1.54) is 4.88 Å². The summed E-state index contributed by atoms with van der Waals surface area (Å²) in [7, 11) is 0. The van der Waals surface area contributed by atoms with Crippen molar-refractivity contribution < 1.29 is 8.78 Å². The topological polar surface area (TPSA) is 38.0 Å². The molecule has 1 atom stereocenters. The molecular formula is C13H14F2N2S. The van der Waals surface area contributed by atoms with E-state index in [1.54, 1.807) is 11.3 Å². The molecule has 0 aliphatic rings. The van der Waals surface area contributed by atoms with Gasteiger partial charge in [0.1, 0.15) is 5.69 Å². The van der Waals surface area contributed by atoms with E-state index in [0.717, 1.165) is 18.6 Å². The molecule has 3 N–H and O–H groups in total. The number of hydrogen-bond acceptors (Lipinski definition) is 3. The Labute approximate surface area is 108 Å². The quantitative estimate of drug-likeness (QED) is 0.831. The van der Waals surface area contributed by atoms with E-state index in [2.05, 4.69) is 5.32 Å². The molecule has 2 rings (SSSR count). The first-order chi connectivity index (χ1) is 8.56. The number of anilines is 2. The molecule has 0 radical (unpaired) electrons. The highest BCUT2D eigenvalue weighted by Crippen LogP contribution is 2.23. The SMILES string of the molecule is CC(Cc1cccs1)Nc1c(F)cc(N)cc1F. The summed E-state index contributed by atoms with van der Waals surface area (Å²) in [6.45, 7) is 1.88. The number of thiophene rings is 1. The van der Waals surface area contributed by atoms with Crippen molar-refractivity contribution in [1.82, 2.24) is 0 Å². The highest BCUT2D eigenvalue weighted by atomic mass is 32.1. The first-order valence-electron chi connectivity index (χ1n) is 5.59. The number of nitrogen functional groups attached to an aromatic ring is 1. The van der Waals surface area contributed by atoms with Gasteiger partial charge in [-0.05, 0) is 30.5 Å². The minimum Gasteiger partial charge on any atom is -0.399 e. The van der Waals surface area contributed by atoms with E-state index in [4.69, 9.17) is 5.73 Å². The maximum Gasteiger partial charge on any atom is 0.151 e. The van der Waals surface area contributed by atoms with Gasteiger partial charge in [-0.25, -0.2) is 8.78 Å². The molecule has 0 spiro atoms. The lowest BCUT2D eigenvalue weighted by Gasteiger charge is -2.16. The lowest BCUT2D eigenvalue weighted by Crippen LogP contribution is -2.19. The number of hydrogen-bond donors (Lipinski definition) is 2. The van der Waals surface area contributed by atoms with E-state index >= 15 is 0 Å². The summed E-state index contributed by atoms with van der Waals surface area (Å²) in [5.74, 6) is -1.32. The van der Waals surface area contributed by atoms with Crippen molar-refractivity contribution in [2.75, 3.05) is 11.1 Å². The molecule has 1 aromatic heterocycles. The normalized spacial score (nSPS) is 12.4.